The zero-order valence-electron chi connectivity index (χ0n) is 9.00. The first-order valence-corrected chi connectivity index (χ1v) is 5.90. The van der Waals surface area contributed by atoms with Gasteiger partial charge in [-0.15, -0.1) is 0 Å². The zero-order valence-corrected chi connectivity index (χ0v) is 9.76. The maximum absolute atomic E-state index is 11.9. The molecule has 0 spiro atoms. The van der Waals surface area contributed by atoms with Crippen LogP contribution in [-0.2, 0) is 0 Å². The van der Waals surface area contributed by atoms with Crippen LogP contribution in [0.3, 0.4) is 0 Å². The minimum atomic E-state index is -0.0452. The highest BCUT2D eigenvalue weighted by Gasteiger charge is 2.16. The van der Waals surface area contributed by atoms with Crippen LogP contribution in [0.1, 0.15) is 23.2 Å². The van der Waals surface area contributed by atoms with Crippen molar-refractivity contribution >= 4 is 17.5 Å². The Balaban J connectivity index is 1.97. The normalized spacial score (nSPS) is 20.4. The van der Waals surface area contributed by atoms with Crippen LogP contribution in [0.25, 0.3) is 0 Å². The summed E-state index contributed by atoms with van der Waals surface area (Å²) in [5.74, 6) is -0.0452. The van der Waals surface area contributed by atoms with Crippen molar-refractivity contribution in [3.63, 3.8) is 0 Å². The number of amides is 1. The van der Waals surface area contributed by atoms with E-state index in [0.717, 1.165) is 25.9 Å². The molecule has 3 nitrogen and oxygen atoms in total. The Morgan fingerprint density at radius 1 is 1.50 bits per heavy atom. The number of piperidine rings is 1. The largest absolute Gasteiger partial charge is 0.348 e. The van der Waals surface area contributed by atoms with Crippen LogP contribution in [0.5, 0.6) is 0 Å². The molecule has 1 heterocycles. The number of benzene rings is 1. The van der Waals surface area contributed by atoms with E-state index in [1.165, 1.54) is 0 Å². The van der Waals surface area contributed by atoms with E-state index in [4.69, 9.17) is 11.6 Å². The molecule has 1 aromatic rings. The zero-order chi connectivity index (χ0) is 11.4. The lowest BCUT2D eigenvalue weighted by atomic mass is 10.1. The summed E-state index contributed by atoms with van der Waals surface area (Å²) in [5, 5.41) is 6.86. The van der Waals surface area contributed by atoms with Gasteiger partial charge < -0.3 is 10.6 Å². The van der Waals surface area contributed by atoms with Gasteiger partial charge in [0.05, 0.1) is 0 Å². The number of hydrogen-bond acceptors (Lipinski definition) is 2. The lowest BCUT2D eigenvalue weighted by Gasteiger charge is -2.23. The summed E-state index contributed by atoms with van der Waals surface area (Å²) < 4.78 is 0. The molecule has 0 saturated carbocycles. The minimum Gasteiger partial charge on any atom is -0.348 e. The molecule has 1 amide bonds. The summed E-state index contributed by atoms with van der Waals surface area (Å²) >= 11 is 5.84. The van der Waals surface area contributed by atoms with Gasteiger partial charge in [0, 0.05) is 23.2 Å². The predicted molar refractivity (Wildman–Crippen MR) is 64.8 cm³/mol. The van der Waals surface area contributed by atoms with Crippen molar-refractivity contribution in [3.8, 4) is 0 Å². The van der Waals surface area contributed by atoms with Gasteiger partial charge in [-0.25, -0.2) is 0 Å². The fourth-order valence-corrected chi connectivity index (χ4v) is 2.06. The van der Waals surface area contributed by atoms with Gasteiger partial charge >= 0.3 is 0 Å². The van der Waals surface area contributed by atoms with Crippen molar-refractivity contribution in [1.82, 2.24) is 10.6 Å². The molecule has 4 heteroatoms. The molecule has 0 unspecified atom stereocenters. The molecule has 1 saturated heterocycles. The van der Waals surface area contributed by atoms with Gasteiger partial charge in [-0.05, 0) is 37.6 Å². The number of carbonyl (C=O) groups is 1. The van der Waals surface area contributed by atoms with E-state index < -0.39 is 0 Å². The summed E-state index contributed by atoms with van der Waals surface area (Å²) in [5.41, 5.74) is 0.623. The van der Waals surface area contributed by atoms with Crippen LogP contribution in [-0.4, -0.2) is 25.0 Å². The highest BCUT2D eigenvalue weighted by molar-refractivity contribution is 6.30. The van der Waals surface area contributed by atoms with Gasteiger partial charge in [0.15, 0.2) is 0 Å². The van der Waals surface area contributed by atoms with Crippen molar-refractivity contribution in [3.05, 3.63) is 34.9 Å². The maximum atomic E-state index is 11.9. The van der Waals surface area contributed by atoms with Crippen molar-refractivity contribution in [2.75, 3.05) is 13.1 Å². The average Bonchev–Trinajstić information content (AvgIpc) is 2.30. The molecule has 1 fully saturated rings. The topological polar surface area (TPSA) is 41.1 Å². The second-order valence-electron chi connectivity index (χ2n) is 4.03. The molecule has 2 N–H and O–H groups in total. The Morgan fingerprint density at radius 2 is 2.38 bits per heavy atom. The first-order chi connectivity index (χ1) is 7.75. The van der Waals surface area contributed by atoms with Gasteiger partial charge in [0.1, 0.15) is 0 Å². The van der Waals surface area contributed by atoms with Crippen LogP contribution in [0.4, 0.5) is 0 Å². The van der Waals surface area contributed by atoms with E-state index in [9.17, 15) is 4.79 Å². The molecular weight excluding hydrogens is 224 g/mol. The van der Waals surface area contributed by atoms with Crippen molar-refractivity contribution < 1.29 is 4.79 Å². The summed E-state index contributed by atoms with van der Waals surface area (Å²) in [6, 6.07) is 7.25. The third kappa shape index (κ3) is 2.97. The van der Waals surface area contributed by atoms with Crippen LogP contribution in [0.15, 0.2) is 24.3 Å². The highest BCUT2D eigenvalue weighted by Crippen LogP contribution is 2.11. The van der Waals surface area contributed by atoms with E-state index in [0.29, 0.717) is 10.6 Å². The molecule has 16 heavy (non-hydrogen) atoms. The third-order valence-electron chi connectivity index (χ3n) is 2.72. The van der Waals surface area contributed by atoms with Crippen LogP contribution < -0.4 is 10.6 Å². The SMILES string of the molecule is O=C(N[C@@H]1CCCNC1)c1cccc(Cl)c1. The molecule has 86 valence electrons. The van der Waals surface area contributed by atoms with Crippen molar-refractivity contribution in [2.45, 2.75) is 18.9 Å². The van der Waals surface area contributed by atoms with Gasteiger partial charge in [0.25, 0.3) is 5.91 Å². The van der Waals surface area contributed by atoms with Crippen LogP contribution in [0, 0.1) is 0 Å². The first kappa shape index (κ1) is 11.4. The lowest BCUT2D eigenvalue weighted by Crippen LogP contribution is -2.45. The second kappa shape index (κ2) is 5.32. The Morgan fingerprint density at radius 3 is 3.06 bits per heavy atom. The molecule has 0 aromatic heterocycles. The summed E-state index contributed by atoms with van der Waals surface area (Å²) in [4.78, 5) is 11.9. The van der Waals surface area contributed by atoms with Crippen molar-refractivity contribution in [2.24, 2.45) is 0 Å². The van der Waals surface area contributed by atoms with Gasteiger partial charge in [-0.3, -0.25) is 4.79 Å². The molecule has 1 aliphatic heterocycles. The number of carbonyl (C=O) groups excluding carboxylic acids is 1. The fraction of sp³-hybridized carbons (Fsp3) is 0.417. The molecule has 2 rings (SSSR count). The average molecular weight is 239 g/mol. The van der Waals surface area contributed by atoms with Gasteiger partial charge in [-0.1, -0.05) is 17.7 Å². The summed E-state index contributed by atoms with van der Waals surface area (Å²) in [6.45, 7) is 1.90. The smallest absolute Gasteiger partial charge is 0.251 e. The van der Waals surface area contributed by atoms with E-state index in [1.54, 1.807) is 24.3 Å². The number of hydrogen-bond donors (Lipinski definition) is 2. The van der Waals surface area contributed by atoms with Gasteiger partial charge in [0.2, 0.25) is 0 Å². The quantitative estimate of drug-likeness (QED) is 0.825. The summed E-state index contributed by atoms with van der Waals surface area (Å²) in [6.07, 6.45) is 2.15. The molecular formula is C12H15ClN2O. The second-order valence-corrected chi connectivity index (χ2v) is 4.46. The number of rotatable bonds is 2. The monoisotopic (exact) mass is 238 g/mol. The minimum absolute atomic E-state index is 0.0452. The van der Waals surface area contributed by atoms with Crippen molar-refractivity contribution in [1.29, 1.82) is 0 Å². The highest BCUT2D eigenvalue weighted by atomic mass is 35.5. The third-order valence-corrected chi connectivity index (χ3v) is 2.95. The van der Waals surface area contributed by atoms with Crippen LogP contribution in [0.2, 0.25) is 5.02 Å². The van der Waals surface area contributed by atoms with E-state index in [-0.39, 0.29) is 11.9 Å². The molecule has 1 atom stereocenters. The molecule has 0 aliphatic carbocycles. The molecule has 0 bridgehead atoms. The molecule has 0 radical (unpaired) electrons. The number of nitrogens with one attached hydrogen (secondary N) is 2. The summed E-state index contributed by atoms with van der Waals surface area (Å²) in [7, 11) is 0. The van der Waals surface area contributed by atoms with Gasteiger partial charge in [-0.2, -0.15) is 0 Å². The van der Waals surface area contributed by atoms with E-state index in [1.807, 2.05) is 0 Å². The van der Waals surface area contributed by atoms with E-state index in [2.05, 4.69) is 10.6 Å². The lowest BCUT2D eigenvalue weighted by molar-refractivity contribution is 0.0930. The number of halogens is 1. The first-order valence-electron chi connectivity index (χ1n) is 5.53. The standard InChI is InChI=1S/C12H15ClN2O/c13-10-4-1-3-9(7-10)12(16)15-11-5-2-6-14-8-11/h1,3-4,7,11,14H,2,5-6,8H2,(H,15,16)/t11-/m1/s1. The Labute approximate surface area is 100 Å². The van der Waals surface area contributed by atoms with E-state index >= 15 is 0 Å². The Hall–Kier alpha value is -1.06. The predicted octanol–water partition coefficient (Wildman–Crippen LogP) is 1.82. The Kier molecular flexibility index (Phi) is 3.80. The Bertz CT molecular complexity index is 375. The van der Waals surface area contributed by atoms with Crippen LogP contribution >= 0.6 is 11.6 Å². The fourth-order valence-electron chi connectivity index (χ4n) is 1.87. The molecule has 1 aliphatic rings. The molecule has 1 aromatic carbocycles. The maximum Gasteiger partial charge on any atom is 0.251 e.